The monoisotopic (exact) mass is 457 g/mol. The Morgan fingerprint density at radius 3 is 2.60 bits per heavy atom. The number of furan rings is 1. The highest BCUT2D eigenvalue weighted by atomic mass is 35.5. The van der Waals surface area contributed by atoms with Crippen molar-refractivity contribution in [3.05, 3.63) is 76.2 Å². The van der Waals surface area contributed by atoms with Crippen molar-refractivity contribution in [1.29, 1.82) is 0 Å². The van der Waals surface area contributed by atoms with E-state index in [-0.39, 0.29) is 12.1 Å². The van der Waals surface area contributed by atoms with Gasteiger partial charge in [-0.25, -0.2) is 0 Å². The molecule has 154 valence electrons. The topological polar surface area (TPSA) is 41.3 Å². The lowest BCUT2D eigenvalue weighted by Crippen LogP contribution is -2.37. The molecule has 0 unspecified atom stereocenters. The van der Waals surface area contributed by atoms with Crippen molar-refractivity contribution < 1.29 is 4.42 Å². The maximum absolute atomic E-state index is 6.37. The van der Waals surface area contributed by atoms with Crippen molar-refractivity contribution in [2.45, 2.75) is 43.8 Å². The molecule has 1 aliphatic carbocycles. The zero-order valence-corrected chi connectivity index (χ0v) is 18.6. The van der Waals surface area contributed by atoms with Gasteiger partial charge in [-0.1, -0.05) is 42.1 Å². The highest BCUT2D eigenvalue weighted by Gasteiger charge is 2.45. The Kier molecular flexibility index (Phi) is 5.44. The minimum Gasteiger partial charge on any atom is -0.459 e. The number of hydrogen-bond donors (Lipinski definition) is 1. The molecular formula is C23H21Cl2N3OS. The third-order valence-electron chi connectivity index (χ3n) is 5.98. The second-order valence-corrected chi connectivity index (χ2v) is 9.00. The predicted octanol–water partition coefficient (Wildman–Crippen LogP) is 6.56. The lowest BCUT2D eigenvalue weighted by molar-refractivity contribution is 0.218. The van der Waals surface area contributed by atoms with Crippen LogP contribution < -0.4 is 5.32 Å². The van der Waals surface area contributed by atoms with Crippen LogP contribution in [0.5, 0.6) is 0 Å². The van der Waals surface area contributed by atoms with Crippen molar-refractivity contribution in [1.82, 2.24) is 15.2 Å². The van der Waals surface area contributed by atoms with Gasteiger partial charge in [0, 0.05) is 17.8 Å². The molecule has 30 heavy (non-hydrogen) atoms. The van der Waals surface area contributed by atoms with Crippen molar-refractivity contribution in [2.75, 3.05) is 0 Å². The molecule has 1 N–H and O–H groups in total. The van der Waals surface area contributed by atoms with E-state index in [2.05, 4.69) is 15.2 Å². The molecule has 0 amide bonds. The number of rotatable bonds is 4. The van der Waals surface area contributed by atoms with E-state index in [1.165, 1.54) is 12.8 Å². The highest BCUT2D eigenvalue weighted by molar-refractivity contribution is 7.80. The lowest BCUT2D eigenvalue weighted by Gasteiger charge is -2.31. The van der Waals surface area contributed by atoms with Crippen LogP contribution in [0, 0.1) is 0 Å². The summed E-state index contributed by atoms with van der Waals surface area (Å²) in [4.78, 5) is 6.93. The van der Waals surface area contributed by atoms with Gasteiger partial charge in [0.25, 0.3) is 0 Å². The Morgan fingerprint density at radius 1 is 1.03 bits per heavy atom. The summed E-state index contributed by atoms with van der Waals surface area (Å²) in [6.07, 6.45) is 6.58. The fourth-order valence-corrected chi connectivity index (χ4v) is 5.25. The normalized spacial score (nSPS) is 21.9. The van der Waals surface area contributed by atoms with Gasteiger partial charge in [0.1, 0.15) is 17.6 Å². The minimum absolute atomic E-state index is 0.0491. The molecule has 3 heterocycles. The third kappa shape index (κ3) is 3.59. The van der Waals surface area contributed by atoms with Gasteiger partial charge < -0.3 is 14.6 Å². The average Bonchev–Trinajstić information content (AvgIpc) is 3.50. The number of halogens is 2. The summed E-state index contributed by atoms with van der Waals surface area (Å²) in [6, 6.07) is 15.8. The van der Waals surface area contributed by atoms with E-state index < -0.39 is 0 Å². The molecule has 0 bridgehead atoms. The number of nitrogens with zero attached hydrogens (tertiary/aromatic N) is 2. The highest BCUT2D eigenvalue weighted by Crippen LogP contribution is 2.44. The largest absolute Gasteiger partial charge is 0.459 e. The molecule has 0 spiro atoms. The summed E-state index contributed by atoms with van der Waals surface area (Å²) in [7, 11) is 0. The molecule has 2 aliphatic rings. The molecule has 0 radical (unpaired) electrons. The summed E-state index contributed by atoms with van der Waals surface area (Å²) in [6.45, 7) is 0. The molecule has 4 nitrogen and oxygen atoms in total. The van der Waals surface area contributed by atoms with E-state index in [4.69, 9.17) is 39.8 Å². The zero-order valence-electron chi connectivity index (χ0n) is 16.2. The molecule has 2 atom stereocenters. The number of hydrogen-bond acceptors (Lipinski definition) is 3. The second-order valence-electron chi connectivity index (χ2n) is 7.80. The number of benzene rings is 1. The summed E-state index contributed by atoms with van der Waals surface area (Å²) < 4.78 is 6.37. The predicted molar refractivity (Wildman–Crippen MR) is 124 cm³/mol. The van der Waals surface area contributed by atoms with Gasteiger partial charge in [0.05, 0.1) is 21.8 Å². The van der Waals surface area contributed by atoms with Gasteiger partial charge in [-0.05, 0) is 67.5 Å². The van der Waals surface area contributed by atoms with E-state index in [1.807, 2.05) is 48.7 Å². The number of nitrogens with one attached hydrogen (secondary N) is 1. The van der Waals surface area contributed by atoms with Crippen LogP contribution in [0.15, 0.2) is 59.1 Å². The van der Waals surface area contributed by atoms with Crippen molar-refractivity contribution in [3.8, 4) is 11.3 Å². The zero-order chi connectivity index (χ0) is 20.7. The van der Waals surface area contributed by atoms with Crippen LogP contribution >= 0.6 is 35.4 Å². The first kappa shape index (κ1) is 19.9. The van der Waals surface area contributed by atoms with E-state index in [9.17, 15) is 0 Å². The summed E-state index contributed by atoms with van der Waals surface area (Å²) >= 11 is 18.1. The maximum Gasteiger partial charge on any atom is 0.170 e. The molecule has 1 saturated heterocycles. The summed E-state index contributed by atoms with van der Waals surface area (Å²) in [5, 5.41) is 5.32. The standard InChI is InChI=1S/C23H21Cl2N3OS/c24-16-9-8-14(13-17(16)25)19-10-11-20(29-19)22-21(18-7-3-4-12-26-18)27-23(30)28(22)15-5-1-2-6-15/h3-4,7-13,15,21-22H,1-2,5-6H2,(H,27,30)/t21-,22+/m0/s1. The smallest absolute Gasteiger partial charge is 0.170 e. The maximum atomic E-state index is 6.37. The van der Waals surface area contributed by atoms with Gasteiger partial charge in [-0.15, -0.1) is 0 Å². The average molecular weight is 458 g/mol. The van der Waals surface area contributed by atoms with Gasteiger partial charge in [-0.3, -0.25) is 4.98 Å². The van der Waals surface area contributed by atoms with E-state index in [0.717, 1.165) is 40.7 Å². The fraction of sp³-hybridized carbons (Fsp3) is 0.304. The Morgan fingerprint density at radius 2 is 1.87 bits per heavy atom. The Balaban J connectivity index is 1.54. The molecule has 7 heteroatoms. The summed E-state index contributed by atoms with van der Waals surface area (Å²) in [5.74, 6) is 1.62. The molecular weight excluding hydrogens is 437 g/mol. The van der Waals surface area contributed by atoms with Crippen molar-refractivity contribution >= 4 is 40.5 Å². The number of pyridine rings is 1. The van der Waals surface area contributed by atoms with Gasteiger partial charge in [0.15, 0.2) is 5.11 Å². The van der Waals surface area contributed by atoms with E-state index in [1.54, 1.807) is 6.07 Å². The lowest BCUT2D eigenvalue weighted by atomic mass is 10.0. The molecule has 1 aromatic carbocycles. The number of aromatic nitrogens is 1. The fourth-order valence-electron chi connectivity index (χ4n) is 4.56. The molecule has 3 aromatic rings. The van der Waals surface area contributed by atoms with Crippen LogP contribution in [-0.4, -0.2) is 21.0 Å². The Hall–Kier alpha value is -2.08. The third-order valence-corrected chi connectivity index (χ3v) is 7.04. The van der Waals surface area contributed by atoms with E-state index in [0.29, 0.717) is 16.1 Å². The first-order chi connectivity index (χ1) is 14.6. The van der Waals surface area contributed by atoms with Gasteiger partial charge >= 0.3 is 0 Å². The molecule has 1 aliphatic heterocycles. The van der Waals surface area contributed by atoms with Crippen LogP contribution in [-0.2, 0) is 0 Å². The number of thiocarbonyl (C=S) groups is 1. The second kappa shape index (κ2) is 8.22. The first-order valence-corrected chi connectivity index (χ1v) is 11.3. The molecule has 5 rings (SSSR count). The van der Waals surface area contributed by atoms with Crippen LogP contribution in [0.2, 0.25) is 10.0 Å². The van der Waals surface area contributed by atoms with Gasteiger partial charge in [-0.2, -0.15) is 0 Å². The van der Waals surface area contributed by atoms with Crippen molar-refractivity contribution in [2.24, 2.45) is 0 Å². The SMILES string of the molecule is S=C1N[C@@H](c2ccccn2)[C@@H](c2ccc(-c3ccc(Cl)c(Cl)c3)o2)N1C1CCCC1. The Bertz CT molecular complexity index is 1070. The van der Waals surface area contributed by atoms with Gasteiger partial charge in [0.2, 0.25) is 0 Å². The van der Waals surface area contributed by atoms with Crippen LogP contribution in [0.3, 0.4) is 0 Å². The van der Waals surface area contributed by atoms with Crippen molar-refractivity contribution in [3.63, 3.8) is 0 Å². The molecule has 1 saturated carbocycles. The van der Waals surface area contributed by atoms with Crippen LogP contribution in [0.1, 0.15) is 49.2 Å². The minimum atomic E-state index is -0.0629. The summed E-state index contributed by atoms with van der Waals surface area (Å²) in [5.41, 5.74) is 1.85. The van der Waals surface area contributed by atoms with Crippen LogP contribution in [0.25, 0.3) is 11.3 Å². The molecule has 2 fully saturated rings. The van der Waals surface area contributed by atoms with Crippen LogP contribution in [0.4, 0.5) is 0 Å². The first-order valence-electron chi connectivity index (χ1n) is 10.2. The Labute approximate surface area is 191 Å². The van der Waals surface area contributed by atoms with E-state index >= 15 is 0 Å². The molecule has 2 aromatic heterocycles. The quantitative estimate of drug-likeness (QED) is 0.448.